The van der Waals surface area contributed by atoms with E-state index in [1.807, 2.05) is 0 Å². The quantitative estimate of drug-likeness (QED) is 0.188. The minimum Gasteiger partial charge on any atom is -0.673 e. The first-order valence-electron chi connectivity index (χ1n) is 12.0. The molecule has 0 heterocycles. The molecule has 0 radical (unpaired) electrons. The number of hydrogen-bond acceptors (Lipinski definition) is 2. The summed E-state index contributed by atoms with van der Waals surface area (Å²) in [6.45, 7) is 45.2. The molecule has 0 aromatic heterocycles. The van der Waals surface area contributed by atoms with Crippen molar-refractivity contribution in [3.05, 3.63) is 21.3 Å². The van der Waals surface area contributed by atoms with Crippen molar-refractivity contribution in [3.8, 4) is 0 Å². The normalized spacial score (nSPS) is 12.9. The molecule has 0 spiro atoms. The van der Waals surface area contributed by atoms with Gasteiger partial charge in [-0.25, -0.2) is 12.3 Å². The Bertz CT molecular complexity index is 434. The van der Waals surface area contributed by atoms with Crippen molar-refractivity contribution in [2.75, 3.05) is 0 Å². The van der Waals surface area contributed by atoms with E-state index in [4.69, 9.17) is 30.9 Å². The van der Waals surface area contributed by atoms with Gasteiger partial charge in [-0.2, -0.15) is 0 Å². The minimum absolute atomic E-state index is 0. The second kappa shape index (κ2) is 17.3. The Morgan fingerprint density at radius 2 is 0.486 bits per heavy atom. The molecule has 0 saturated heterocycles. The van der Waals surface area contributed by atoms with E-state index < -0.39 is 0 Å². The zero-order valence-electron chi connectivity index (χ0n) is 26.3. The van der Waals surface area contributed by atoms with Gasteiger partial charge in [0.05, 0.1) is 0 Å². The molecular weight excluding hydrogens is 525 g/mol. The maximum Gasteiger partial charge on any atom is 6.00 e. The molecule has 0 fully saturated rings. The van der Waals surface area contributed by atoms with Crippen LogP contribution in [0, 0.1) is 10.8 Å². The largest absolute Gasteiger partial charge is 6.00 e. The van der Waals surface area contributed by atoms with E-state index in [2.05, 4.69) is 138 Å². The fourth-order valence-corrected chi connectivity index (χ4v) is 2.30. The second-order valence-electron chi connectivity index (χ2n) is 14.7. The molecule has 0 aliphatic carbocycles. The monoisotopic (exact) mass is 584 g/mol. The summed E-state index contributed by atoms with van der Waals surface area (Å²) in [6.07, 6.45) is 0.134. The van der Waals surface area contributed by atoms with E-state index in [9.17, 15) is 0 Å². The van der Waals surface area contributed by atoms with Crippen LogP contribution in [0.5, 0.6) is 0 Å². The van der Waals surface area contributed by atoms with E-state index in [1.54, 1.807) is 0 Å². The zero-order chi connectivity index (χ0) is 29.0. The van der Waals surface area contributed by atoms with Gasteiger partial charge in [0.25, 0.3) is 0 Å². The molecule has 0 atom stereocenters. The molecule has 210 valence electrons. The third-order valence-corrected chi connectivity index (χ3v) is 3.59. The zero-order valence-corrected chi connectivity index (χ0v) is 28.0. The van der Waals surface area contributed by atoms with Crippen LogP contribution in [0.4, 0.5) is 0 Å². The van der Waals surface area contributed by atoms with Crippen molar-refractivity contribution in [3.63, 3.8) is 0 Å². The van der Waals surface area contributed by atoms with Crippen molar-refractivity contribution in [1.82, 2.24) is 0 Å². The summed E-state index contributed by atoms with van der Waals surface area (Å²) in [6, 6.07) is 0. The first-order valence-corrected chi connectivity index (χ1v) is 12.0. The first-order chi connectivity index (χ1) is 14.6. The Labute approximate surface area is 233 Å². The van der Waals surface area contributed by atoms with Crippen LogP contribution in [-0.2, 0) is 29.1 Å². The molecule has 0 aromatic rings. The Morgan fingerprint density at radius 3 is 0.543 bits per heavy atom. The van der Waals surface area contributed by atoms with Crippen LogP contribution in [0.15, 0.2) is 0 Å². The number of nitrogens with zero attached hydrogens (tertiary/aromatic N) is 4. The third-order valence-electron chi connectivity index (χ3n) is 3.59. The van der Waals surface area contributed by atoms with Crippen LogP contribution in [0.1, 0.15) is 125 Å². The van der Waals surface area contributed by atoms with Crippen molar-refractivity contribution >= 4 is 13.6 Å². The number of hydrogen-bond donors (Lipinski definition) is 0. The molecular formula is C28H58N4O2Ru. The SMILES string of the molecule is CC(C)(C)[N-]C([N-]C(C)(C)C)C(C)(C)C.CC(C)(C)[N-]C([N-]C(C)(C)C)C(C)(C)C.[CH-]=O.[CH-]=O.[Ru+6]. The van der Waals surface area contributed by atoms with Gasteiger partial charge in [-0.1, -0.05) is 135 Å². The van der Waals surface area contributed by atoms with Crippen LogP contribution < -0.4 is 0 Å². The molecule has 0 aromatic carbocycles. The summed E-state index contributed by atoms with van der Waals surface area (Å²) in [4.78, 5) is 15.5. The molecule has 0 bridgehead atoms. The molecule has 0 N–H and O–H groups in total. The van der Waals surface area contributed by atoms with E-state index in [0.29, 0.717) is 0 Å². The van der Waals surface area contributed by atoms with Crippen molar-refractivity contribution in [2.45, 2.75) is 159 Å². The van der Waals surface area contributed by atoms with Crippen LogP contribution in [0.2, 0.25) is 0 Å². The molecule has 0 saturated carbocycles. The van der Waals surface area contributed by atoms with Crippen LogP contribution in [0.25, 0.3) is 21.3 Å². The predicted octanol–water partition coefficient (Wildman–Crippen LogP) is 8.86. The van der Waals surface area contributed by atoms with Crippen LogP contribution in [-0.4, -0.2) is 48.1 Å². The van der Waals surface area contributed by atoms with Crippen LogP contribution in [0.3, 0.4) is 0 Å². The Kier molecular flexibility index (Phi) is 22.2. The molecule has 7 heteroatoms. The van der Waals surface area contributed by atoms with Crippen molar-refractivity contribution in [1.29, 1.82) is 0 Å². The van der Waals surface area contributed by atoms with E-state index >= 15 is 0 Å². The Morgan fingerprint density at radius 1 is 0.371 bits per heavy atom. The number of rotatable bonds is 4. The van der Waals surface area contributed by atoms with Gasteiger partial charge < -0.3 is 30.9 Å². The summed E-state index contributed by atoms with van der Waals surface area (Å²) < 4.78 is 0. The van der Waals surface area contributed by atoms with Gasteiger partial charge in [0.1, 0.15) is 0 Å². The Hall–Kier alpha value is -0.197. The summed E-state index contributed by atoms with van der Waals surface area (Å²) in [7, 11) is 0. The van der Waals surface area contributed by atoms with Gasteiger partial charge in [-0.15, -0.1) is 22.2 Å². The second-order valence-corrected chi connectivity index (χ2v) is 14.7. The maximum absolute atomic E-state index is 7.75. The van der Waals surface area contributed by atoms with Gasteiger partial charge in [0, 0.05) is 0 Å². The standard InChI is InChI=1S/2C13H28N2.2CHO.Ru/c2*1-11(2,3)10(14-12(4,5)6)15-13(7,8)9;2*1-2;/h2*10H,1-9H3;2*1H;/q2*-2;2*-1;+6. The van der Waals surface area contributed by atoms with Crippen molar-refractivity contribution < 1.29 is 29.1 Å². The Balaban J connectivity index is -0.000000146. The summed E-state index contributed by atoms with van der Waals surface area (Å²) >= 11 is 0. The fraction of sp³-hybridized carbons (Fsp3) is 0.929. The van der Waals surface area contributed by atoms with Gasteiger partial charge >= 0.3 is 19.5 Å². The summed E-state index contributed by atoms with van der Waals surface area (Å²) in [5.41, 5.74) is 0.111. The van der Waals surface area contributed by atoms with Crippen molar-refractivity contribution in [2.24, 2.45) is 10.8 Å². The predicted molar refractivity (Wildman–Crippen MR) is 152 cm³/mol. The topological polar surface area (TPSA) is 90.5 Å². The molecule has 0 aliphatic heterocycles. The van der Waals surface area contributed by atoms with Gasteiger partial charge in [0.15, 0.2) is 0 Å². The summed E-state index contributed by atoms with van der Waals surface area (Å²) in [5, 5.41) is 19.2. The minimum atomic E-state index is -0.0211. The molecule has 0 amide bonds. The van der Waals surface area contributed by atoms with Crippen LogP contribution >= 0.6 is 0 Å². The molecule has 6 nitrogen and oxygen atoms in total. The fourth-order valence-electron chi connectivity index (χ4n) is 2.30. The van der Waals surface area contributed by atoms with Gasteiger partial charge in [-0.3, -0.25) is 13.6 Å². The van der Waals surface area contributed by atoms with Gasteiger partial charge in [0.2, 0.25) is 0 Å². The van der Waals surface area contributed by atoms with E-state index in [-0.39, 0.29) is 64.8 Å². The molecule has 0 unspecified atom stereocenters. The molecule has 35 heavy (non-hydrogen) atoms. The molecule has 0 rings (SSSR count). The maximum atomic E-state index is 7.75. The van der Waals surface area contributed by atoms with Gasteiger partial charge in [-0.05, 0) is 0 Å². The van der Waals surface area contributed by atoms with E-state index in [0.717, 1.165) is 0 Å². The third kappa shape index (κ3) is 33.8. The summed E-state index contributed by atoms with van der Waals surface area (Å²) in [5.74, 6) is 0. The average Bonchev–Trinajstić information content (AvgIpc) is 2.51. The van der Waals surface area contributed by atoms with E-state index in [1.165, 1.54) is 0 Å². The number of carbonyl (C=O) groups excluding carboxylic acids is 2. The average molecular weight is 584 g/mol. The smallest absolute Gasteiger partial charge is 0.673 e. The first kappa shape index (κ1) is 44.8. The molecule has 0 aliphatic rings.